The summed E-state index contributed by atoms with van der Waals surface area (Å²) in [5.41, 5.74) is 0. The maximum Gasteiger partial charge on any atom is 0.0655 e. The molecule has 0 atom stereocenters. The molecule has 0 unspecified atom stereocenters. The molecular weight excluding hydrogens is 152 g/mol. The lowest BCUT2D eigenvalue weighted by molar-refractivity contribution is -0.151. The van der Waals surface area contributed by atoms with Crippen LogP contribution in [0, 0.1) is 0 Å². The van der Waals surface area contributed by atoms with Gasteiger partial charge in [0.05, 0.1) is 12.7 Å². The van der Waals surface area contributed by atoms with Gasteiger partial charge in [0.2, 0.25) is 0 Å². The van der Waals surface area contributed by atoms with Crippen LogP contribution in [0.25, 0.3) is 0 Å². The summed E-state index contributed by atoms with van der Waals surface area (Å²) in [5.74, 6) is 0. The van der Waals surface area contributed by atoms with Crippen molar-refractivity contribution in [3.63, 3.8) is 0 Å². The Bertz CT molecular complexity index is 103. The molecule has 0 aliphatic carbocycles. The van der Waals surface area contributed by atoms with E-state index < -0.39 is 17.2 Å². The Kier molecular flexibility index (Phi) is 4.65. The van der Waals surface area contributed by atoms with Gasteiger partial charge in [0.25, 0.3) is 0 Å². The van der Waals surface area contributed by atoms with Crippen molar-refractivity contribution in [2.45, 2.75) is 6.42 Å². The summed E-state index contributed by atoms with van der Waals surface area (Å²) in [6.45, 7) is -0.537. The molecule has 2 nitrogen and oxygen atoms in total. The first kappa shape index (κ1) is 9.22. The molecule has 0 saturated carbocycles. The minimum absolute atomic E-state index is 0.0999. The number of nitrogens with zero attached hydrogens (tertiary/aromatic N) is 2. The third kappa shape index (κ3) is 7.22. The summed E-state index contributed by atoms with van der Waals surface area (Å²) in [5, 5.41) is -2.26. The van der Waals surface area contributed by atoms with E-state index in [1.165, 1.54) is 0 Å². The van der Waals surface area contributed by atoms with Gasteiger partial charge in [-0.3, -0.25) is 0 Å². The molecule has 0 saturated heterocycles. The monoisotopic (exact) mass is 158 g/mol. The molecule has 0 amide bonds. The smallest absolute Gasteiger partial charge is 0.0655 e. The summed E-state index contributed by atoms with van der Waals surface area (Å²) in [6.07, 6.45) is 1.27. The van der Waals surface area contributed by atoms with Crippen molar-refractivity contribution in [3.8, 4) is 0 Å². The van der Waals surface area contributed by atoms with E-state index in [0.29, 0.717) is 6.20 Å². The van der Waals surface area contributed by atoms with Gasteiger partial charge < -0.3 is 0 Å². The van der Waals surface area contributed by atoms with E-state index in [1.54, 1.807) is 0 Å². The van der Waals surface area contributed by atoms with Crippen LogP contribution in [0.1, 0.15) is 6.42 Å². The molecule has 0 spiro atoms. The van der Waals surface area contributed by atoms with E-state index >= 15 is 0 Å². The Balaban J connectivity index is 3.19. The van der Waals surface area contributed by atoms with E-state index in [0.717, 1.165) is 6.08 Å². The van der Waals surface area contributed by atoms with Crippen LogP contribution >= 0.6 is 0 Å². The highest BCUT2D eigenvalue weighted by atomic mass is 19.4. The molecule has 0 rings (SSSR count). The SMILES string of the molecule is FN(F)C=CCCN(F)F. The van der Waals surface area contributed by atoms with Gasteiger partial charge in [-0.25, -0.2) is 0 Å². The molecule has 0 radical (unpaired) electrons. The second-order valence-corrected chi connectivity index (χ2v) is 1.46. The maximum absolute atomic E-state index is 11.2. The van der Waals surface area contributed by atoms with Crippen molar-refractivity contribution < 1.29 is 17.9 Å². The molecule has 0 aromatic heterocycles. The van der Waals surface area contributed by atoms with Crippen LogP contribution in [0.15, 0.2) is 12.3 Å². The van der Waals surface area contributed by atoms with Crippen LogP contribution in [-0.2, 0) is 0 Å². The highest BCUT2D eigenvalue weighted by Gasteiger charge is 1.94. The second kappa shape index (κ2) is 5.04. The summed E-state index contributed by atoms with van der Waals surface area (Å²) in [4.78, 5) is 0. The van der Waals surface area contributed by atoms with E-state index in [2.05, 4.69) is 0 Å². The van der Waals surface area contributed by atoms with Gasteiger partial charge in [-0.15, -0.1) is 8.96 Å². The zero-order chi connectivity index (χ0) is 7.98. The van der Waals surface area contributed by atoms with Crippen molar-refractivity contribution >= 4 is 0 Å². The quantitative estimate of drug-likeness (QED) is 0.456. The van der Waals surface area contributed by atoms with E-state index in [4.69, 9.17) is 0 Å². The first-order valence-electron chi connectivity index (χ1n) is 2.49. The molecule has 0 aromatic rings. The minimum atomic E-state index is -1.19. The Morgan fingerprint density at radius 2 is 1.70 bits per heavy atom. The highest BCUT2D eigenvalue weighted by molar-refractivity contribution is 4.75. The molecule has 0 fully saturated rings. The summed E-state index contributed by atoms with van der Waals surface area (Å²) < 4.78 is 44.5. The molecule has 0 heterocycles. The van der Waals surface area contributed by atoms with Gasteiger partial charge in [0, 0.05) is 5.34 Å². The van der Waals surface area contributed by atoms with E-state index in [-0.39, 0.29) is 6.42 Å². The number of halogens is 4. The van der Waals surface area contributed by atoms with Crippen LogP contribution in [0.5, 0.6) is 0 Å². The van der Waals surface area contributed by atoms with Crippen LogP contribution in [0.3, 0.4) is 0 Å². The molecule has 0 bridgehead atoms. The molecule has 10 heavy (non-hydrogen) atoms. The Labute approximate surface area is 55.1 Å². The zero-order valence-electron chi connectivity index (χ0n) is 4.98. The van der Waals surface area contributed by atoms with Crippen molar-refractivity contribution in [1.29, 1.82) is 0 Å². The lowest BCUT2D eigenvalue weighted by Gasteiger charge is -1.94. The Morgan fingerprint density at radius 3 is 2.10 bits per heavy atom. The summed E-state index contributed by atoms with van der Waals surface area (Å²) in [7, 11) is 0. The Morgan fingerprint density at radius 1 is 1.10 bits per heavy atom. The number of rotatable bonds is 4. The lowest BCUT2D eigenvalue weighted by atomic mass is 10.4. The zero-order valence-corrected chi connectivity index (χ0v) is 4.98. The van der Waals surface area contributed by atoms with E-state index in [9.17, 15) is 17.9 Å². The number of hydrogen-bond acceptors (Lipinski definition) is 2. The first-order chi connectivity index (χ1) is 4.63. The predicted octanol–water partition coefficient (Wildman–Crippen LogP) is 2.03. The molecule has 0 N–H and O–H groups in total. The van der Waals surface area contributed by atoms with Crippen molar-refractivity contribution in [3.05, 3.63) is 12.3 Å². The van der Waals surface area contributed by atoms with Gasteiger partial charge in [-0.1, -0.05) is 15.0 Å². The second-order valence-electron chi connectivity index (χ2n) is 1.46. The average Bonchev–Trinajstić information content (AvgIpc) is 1.79. The average molecular weight is 158 g/mol. The van der Waals surface area contributed by atoms with E-state index in [1.807, 2.05) is 0 Å². The standard InChI is InChI=1S/C4H6F4N2/c5-9(6)3-1-2-4-10(7)8/h1,3H,2,4H2. The fraction of sp³-hybridized carbons (Fsp3) is 0.500. The van der Waals surface area contributed by atoms with Crippen LogP contribution in [-0.4, -0.2) is 17.2 Å². The molecule has 6 heteroatoms. The number of hydrogen-bond donors (Lipinski definition) is 0. The third-order valence-corrected chi connectivity index (χ3v) is 0.683. The fourth-order valence-electron chi connectivity index (χ4n) is 0.326. The first-order valence-corrected chi connectivity index (χ1v) is 2.49. The fourth-order valence-corrected chi connectivity index (χ4v) is 0.326. The van der Waals surface area contributed by atoms with Crippen LogP contribution < -0.4 is 0 Å². The van der Waals surface area contributed by atoms with Crippen LogP contribution in [0.4, 0.5) is 17.9 Å². The maximum atomic E-state index is 11.2. The third-order valence-electron chi connectivity index (χ3n) is 0.683. The molecule has 0 aromatic carbocycles. The van der Waals surface area contributed by atoms with Gasteiger partial charge in [0.15, 0.2) is 0 Å². The van der Waals surface area contributed by atoms with Crippen LogP contribution in [0.2, 0.25) is 0 Å². The molecule has 0 aliphatic heterocycles. The van der Waals surface area contributed by atoms with Crippen molar-refractivity contribution in [2.75, 3.05) is 6.54 Å². The molecule has 0 aliphatic rings. The predicted molar refractivity (Wildman–Crippen MR) is 26.7 cm³/mol. The minimum Gasteiger partial charge on any atom is -0.102 e. The summed E-state index contributed by atoms with van der Waals surface area (Å²) in [6, 6.07) is 0. The molecular formula is C4H6F4N2. The highest BCUT2D eigenvalue weighted by Crippen LogP contribution is 1.95. The van der Waals surface area contributed by atoms with Crippen molar-refractivity contribution in [2.24, 2.45) is 0 Å². The largest absolute Gasteiger partial charge is 0.102 e. The van der Waals surface area contributed by atoms with Gasteiger partial charge in [-0.05, 0) is 11.8 Å². The molecule has 60 valence electrons. The van der Waals surface area contributed by atoms with Gasteiger partial charge in [-0.2, -0.15) is 0 Å². The normalized spacial score (nSPS) is 11.3. The van der Waals surface area contributed by atoms with Gasteiger partial charge in [0.1, 0.15) is 0 Å². The van der Waals surface area contributed by atoms with Gasteiger partial charge >= 0.3 is 0 Å². The van der Waals surface area contributed by atoms with Crippen molar-refractivity contribution in [1.82, 2.24) is 10.7 Å². The summed E-state index contributed by atoms with van der Waals surface area (Å²) >= 11 is 0. The Hall–Kier alpha value is -0.780. The topological polar surface area (TPSA) is 6.48 Å². The lowest BCUT2D eigenvalue weighted by Crippen LogP contribution is -2.01.